The van der Waals surface area contributed by atoms with Crippen LogP contribution in [-0.4, -0.2) is 24.1 Å². The Labute approximate surface area is 852 Å². The van der Waals surface area contributed by atoms with Gasteiger partial charge in [0.1, 0.15) is 0 Å². The van der Waals surface area contributed by atoms with Crippen LogP contribution in [0.3, 0.4) is 0 Å². The number of pyridine rings is 3. The summed E-state index contributed by atoms with van der Waals surface area (Å²) in [5.41, 5.74) is 44.1. The first-order chi connectivity index (χ1) is 72.0. The summed E-state index contributed by atoms with van der Waals surface area (Å²) < 4.78 is 4.72. The van der Waals surface area contributed by atoms with Crippen molar-refractivity contribution in [1.29, 1.82) is 0 Å². The van der Waals surface area contributed by atoms with E-state index in [2.05, 4.69) is 552 Å². The van der Waals surface area contributed by atoms with Gasteiger partial charge in [0, 0.05) is 127 Å². The van der Waals surface area contributed by atoms with Gasteiger partial charge in [-0.25, -0.2) is 0 Å². The van der Waals surface area contributed by atoms with Gasteiger partial charge in [0.15, 0.2) is 0 Å². The van der Waals surface area contributed by atoms with Crippen LogP contribution in [0.5, 0.6) is 0 Å². The zero-order chi connectivity index (χ0) is 98.0. The van der Waals surface area contributed by atoms with Gasteiger partial charge in [0.05, 0.1) is 22.1 Å². The monoisotopic (exact) mass is 1870 g/mol. The number of para-hydroxylation sites is 4. The number of hydrogen-bond donors (Lipinski definition) is 0. The molecule has 0 atom stereocenters. The summed E-state index contributed by atoms with van der Waals surface area (Å²) in [4.78, 5) is 19.7. The average Bonchev–Trinajstić information content (AvgIpc) is 1.57. The molecule has 0 aliphatic heterocycles. The summed E-state index contributed by atoms with van der Waals surface area (Å²) >= 11 is 0. The van der Waals surface area contributed by atoms with Crippen molar-refractivity contribution >= 4 is 106 Å². The second-order valence-corrected chi connectivity index (χ2v) is 38.0. The Kier molecular flexibility index (Phi) is 24.2. The molecule has 5 heterocycles. The molecule has 1 aliphatic carbocycles. The summed E-state index contributed by atoms with van der Waals surface area (Å²) in [6.07, 6.45) is 11.1. The van der Waals surface area contributed by atoms with Crippen molar-refractivity contribution in [2.75, 3.05) is 14.7 Å². The smallest absolute Gasteiger partial charge is 0.0541 e. The average molecular weight is 1870 g/mol. The van der Waals surface area contributed by atoms with Crippen LogP contribution in [-0.2, 0) is 5.41 Å². The first-order valence-electron chi connectivity index (χ1n) is 49.9. The third kappa shape index (κ3) is 17.6. The lowest BCUT2D eigenvalue weighted by Gasteiger charge is -2.29. The SMILES string of the molecule is Cc1cc(-c2ccc(-c3ccccc3)cc2)ccc1N(c1ccc(-c2ccncc2)cc1)c1ccc2c(c1)C(C)(C)c1ccccc1-2.Cc1ccc(-c2ccc(N(c3ccc(-c4ccncc4)cc3)c3ccc(-n4c5ccccc5c5ccccc54)cc3)cc2)cc1.c1ccc(-n2c3ccccc3c3cc(-c4ccc(N(c5ccc(-c6ccncc6)cc5)c5ccc(-c6cccc7ccccc67)cc5)cc4)ccc32)cc1. The van der Waals surface area contributed by atoms with Gasteiger partial charge in [-0.1, -0.05) is 329 Å². The lowest BCUT2D eigenvalue weighted by atomic mass is 9.82. The quantitative estimate of drug-likeness (QED) is 0.0804. The molecule has 0 fully saturated rings. The van der Waals surface area contributed by atoms with Crippen molar-refractivity contribution in [3.05, 3.63) is 569 Å². The minimum Gasteiger partial charge on any atom is -0.311 e. The lowest BCUT2D eigenvalue weighted by molar-refractivity contribution is 0.660. The number of aromatic nitrogens is 5. The van der Waals surface area contributed by atoms with Gasteiger partial charge in [-0.05, 0) is 342 Å². The molecule has 0 spiro atoms. The molecule has 20 aromatic carbocycles. The van der Waals surface area contributed by atoms with Crippen LogP contribution in [0.1, 0.15) is 36.1 Å². The predicted octanol–water partition coefficient (Wildman–Crippen LogP) is 37.3. The molecule has 146 heavy (non-hydrogen) atoms. The Balaban J connectivity index is 0.000000118. The van der Waals surface area contributed by atoms with Crippen LogP contribution in [0.25, 0.3) is 166 Å². The first-order valence-corrected chi connectivity index (χ1v) is 49.9. The Bertz CT molecular complexity index is 8930. The number of anilines is 9. The second-order valence-electron chi connectivity index (χ2n) is 38.0. The van der Waals surface area contributed by atoms with Gasteiger partial charge < -0.3 is 23.8 Å². The van der Waals surface area contributed by atoms with Crippen molar-refractivity contribution in [3.8, 4) is 112 Å². The van der Waals surface area contributed by atoms with Crippen LogP contribution < -0.4 is 14.7 Å². The van der Waals surface area contributed by atoms with E-state index in [9.17, 15) is 0 Å². The maximum Gasteiger partial charge on any atom is 0.0541 e. The van der Waals surface area contributed by atoms with Crippen LogP contribution in [0.2, 0.25) is 0 Å². The maximum atomic E-state index is 4.20. The molecule has 5 aromatic heterocycles. The maximum absolute atomic E-state index is 4.20. The molecule has 0 bridgehead atoms. The fourth-order valence-electron chi connectivity index (χ4n) is 21.3. The fourth-order valence-corrected chi connectivity index (χ4v) is 21.3. The molecule has 0 unspecified atom stereocenters. The zero-order valence-corrected chi connectivity index (χ0v) is 81.5. The Hall–Kier alpha value is -18.9. The van der Waals surface area contributed by atoms with Crippen molar-refractivity contribution in [2.45, 2.75) is 33.1 Å². The molecule has 1 aliphatic rings. The first kappa shape index (κ1) is 89.7. The van der Waals surface area contributed by atoms with Crippen molar-refractivity contribution in [1.82, 2.24) is 24.1 Å². The topological polar surface area (TPSA) is 58.3 Å². The third-order valence-corrected chi connectivity index (χ3v) is 28.8. The predicted molar refractivity (Wildman–Crippen MR) is 613 cm³/mol. The van der Waals surface area contributed by atoms with E-state index in [1.807, 2.05) is 61.4 Å². The van der Waals surface area contributed by atoms with Crippen LogP contribution in [0.4, 0.5) is 51.2 Å². The highest BCUT2D eigenvalue weighted by Gasteiger charge is 2.36. The number of rotatable bonds is 19. The molecular formula is C138H102N8. The van der Waals surface area contributed by atoms with Crippen LogP contribution >= 0.6 is 0 Å². The van der Waals surface area contributed by atoms with Gasteiger partial charge in [-0.2, -0.15) is 0 Å². The van der Waals surface area contributed by atoms with Crippen molar-refractivity contribution in [2.24, 2.45) is 0 Å². The van der Waals surface area contributed by atoms with E-state index < -0.39 is 0 Å². The molecule has 8 nitrogen and oxygen atoms in total. The Morgan fingerprint density at radius 1 is 0.192 bits per heavy atom. The molecule has 0 radical (unpaired) electrons. The highest BCUT2D eigenvalue weighted by Crippen LogP contribution is 2.52. The summed E-state index contributed by atoms with van der Waals surface area (Å²) in [6.45, 7) is 9.04. The Morgan fingerprint density at radius 3 is 0.973 bits per heavy atom. The van der Waals surface area contributed by atoms with E-state index in [4.69, 9.17) is 0 Å². The van der Waals surface area contributed by atoms with Crippen molar-refractivity contribution in [3.63, 3.8) is 0 Å². The van der Waals surface area contributed by atoms with Gasteiger partial charge in [-0.15, -0.1) is 0 Å². The fraction of sp³-hybridized carbons (Fsp3) is 0.0362. The molecule has 0 N–H and O–H groups in total. The van der Waals surface area contributed by atoms with Gasteiger partial charge in [-0.3, -0.25) is 15.0 Å². The standard InChI is InChI=1S/C51H35N3.C45H36N2.C42H31N3/c1-2-11-42(12-3-1)54-50-16-7-6-14-48(50)49-35-41(23-30-51(49)54)37-19-26-44(27-20-37)53(43-24-17-36(18-25-43)38-31-33-52-34-32-38)45-28-21-40(22-29-45)47-15-8-10-39-9-4-5-13-46(39)47;1-31-29-37(35-15-13-33(14-16-35)32-9-5-4-6-10-32)19-24-44(31)47(38-20-17-34(18-21-38)36-25-27-46-28-26-36)39-22-23-41-40-11-7-8-12-42(40)45(2,3)43(41)30-39;1-30-10-12-31(13-11-30)32-14-18-35(19-15-32)44(36-20-16-33(17-21-36)34-26-28-43-29-27-34)37-22-24-38(25-23-37)45-41-8-4-2-6-39(41)40-7-3-5-9-42(40)45/h1-35H;4-30H,1-3H3;2-29H,1H3. The molecule has 0 amide bonds. The van der Waals surface area contributed by atoms with E-state index in [0.717, 1.165) is 79.0 Å². The second kappa shape index (κ2) is 39.3. The van der Waals surface area contributed by atoms with Gasteiger partial charge in [0.25, 0.3) is 0 Å². The lowest BCUT2D eigenvalue weighted by Crippen LogP contribution is -2.17. The normalized spacial score (nSPS) is 11.8. The molecular weight excluding hydrogens is 1770 g/mol. The van der Waals surface area contributed by atoms with Crippen LogP contribution in [0.15, 0.2) is 547 Å². The minimum atomic E-state index is -0.0797. The number of nitrogens with zero attached hydrogens (tertiary/aromatic N) is 8. The largest absolute Gasteiger partial charge is 0.311 e. The summed E-state index contributed by atoms with van der Waals surface area (Å²) in [6, 6.07) is 184. The molecule has 694 valence electrons. The zero-order valence-electron chi connectivity index (χ0n) is 81.5. The molecule has 8 heteroatoms. The molecule has 0 saturated heterocycles. The van der Waals surface area contributed by atoms with E-state index >= 15 is 0 Å². The summed E-state index contributed by atoms with van der Waals surface area (Å²) in [5, 5.41) is 7.54. The number of aryl methyl sites for hydroxylation is 2. The van der Waals surface area contributed by atoms with Gasteiger partial charge >= 0.3 is 0 Å². The van der Waals surface area contributed by atoms with Gasteiger partial charge in [0.2, 0.25) is 0 Å². The van der Waals surface area contributed by atoms with E-state index in [1.165, 1.54) is 160 Å². The van der Waals surface area contributed by atoms with Crippen molar-refractivity contribution < 1.29 is 0 Å². The van der Waals surface area contributed by atoms with Crippen LogP contribution in [0, 0.1) is 13.8 Å². The van der Waals surface area contributed by atoms with E-state index in [-0.39, 0.29) is 5.41 Å². The number of hydrogen-bond acceptors (Lipinski definition) is 6. The number of fused-ring (bicyclic) bond motifs is 10. The summed E-state index contributed by atoms with van der Waals surface area (Å²) in [7, 11) is 0. The Morgan fingerprint density at radius 2 is 0.500 bits per heavy atom. The molecule has 25 aromatic rings. The molecule has 26 rings (SSSR count). The highest BCUT2D eigenvalue weighted by molar-refractivity contribution is 6.12. The third-order valence-electron chi connectivity index (χ3n) is 28.8. The summed E-state index contributed by atoms with van der Waals surface area (Å²) in [5.74, 6) is 0. The molecule has 0 saturated carbocycles. The number of benzene rings is 20. The van der Waals surface area contributed by atoms with E-state index in [0.29, 0.717) is 0 Å². The highest BCUT2D eigenvalue weighted by atomic mass is 15.2. The minimum absolute atomic E-state index is 0.0797. The van der Waals surface area contributed by atoms with E-state index in [1.54, 1.807) is 0 Å².